The fraction of sp³-hybridized carbons (Fsp3) is 0. The van der Waals surface area contributed by atoms with E-state index in [0.29, 0.717) is 9.86 Å². The Hall–Kier alpha value is -0.970. The molecule has 1 heterocycles. The van der Waals surface area contributed by atoms with Crippen molar-refractivity contribution in [3.63, 3.8) is 0 Å². The maximum Gasteiger partial charge on any atom is 0.184 e. The second-order valence-electron chi connectivity index (χ2n) is 2.31. The van der Waals surface area contributed by atoms with E-state index in [1.54, 1.807) is 0 Å². The number of rotatable bonds is 0. The number of nitrogens with zero attached hydrogens (tertiary/aromatic N) is 1. The van der Waals surface area contributed by atoms with Crippen LogP contribution >= 0.6 is 15.9 Å². The fourth-order valence-corrected chi connectivity index (χ4v) is 1.51. The van der Waals surface area contributed by atoms with E-state index in [9.17, 15) is 8.78 Å². The number of fused-ring (bicyclic) bond motifs is 1. The lowest BCUT2D eigenvalue weighted by atomic mass is 10.2. The number of H-pyrrole nitrogens is 1. The Kier molecular flexibility index (Phi) is 1.61. The molecule has 0 radical (unpaired) electrons. The lowest BCUT2D eigenvalue weighted by Gasteiger charge is -1.96. The van der Waals surface area contributed by atoms with E-state index in [1.807, 2.05) is 0 Å². The number of aromatic nitrogens is 2. The molecule has 12 heavy (non-hydrogen) atoms. The Balaban J connectivity index is 2.97. The molecular weight excluding hydrogens is 230 g/mol. The summed E-state index contributed by atoms with van der Waals surface area (Å²) in [5, 5.41) is 6.51. The minimum atomic E-state index is -0.897. The minimum absolute atomic E-state index is 0.0851. The van der Waals surface area contributed by atoms with E-state index in [-0.39, 0.29) is 5.52 Å². The zero-order valence-electron chi connectivity index (χ0n) is 5.74. The summed E-state index contributed by atoms with van der Waals surface area (Å²) in [6.07, 6.45) is 1.43. The largest absolute Gasteiger partial charge is 0.275 e. The van der Waals surface area contributed by atoms with Crippen LogP contribution in [0.5, 0.6) is 0 Å². The summed E-state index contributed by atoms with van der Waals surface area (Å²) >= 11 is 3.09. The monoisotopic (exact) mass is 232 g/mol. The van der Waals surface area contributed by atoms with E-state index < -0.39 is 11.6 Å². The zero-order valence-corrected chi connectivity index (χ0v) is 7.32. The molecule has 0 unspecified atom stereocenters. The van der Waals surface area contributed by atoms with Crippen LogP contribution in [0.4, 0.5) is 8.78 Å². The predicted molar refractivity (Wildman–Crippen MR) is 43.7 cm³/mol. The topological polar surface area (TPSA) is 28.7 Å². The van der Waals surface area contributed by atoms with Gasteiger partial charge < -0.3 is 0 Å². The SMILES string of the molecule is Fc1cc(Br)c2cn[nH]c2c1F. The third-order valence-corrected chi connectivity index (χ3v) is 2.24. The van der Waals surface area contributed by atoms with Crippen molar-refractivity contribution in [3.8, 4) is 0 Å². The molecule has 1 aromatic carbocycles. The summed E-state index contributed by atoms with van der Waals surface area (Å²) in [5.74, 6) is -1.79. The van der Waals surface area contributed by atoms with Crippen molar-refractivity contribution in [2.45, 2.75) is 0 Å². The smallest absolute Gasteiger partial charge is 0.184 e. The molecule has 5 heteroatoms. The van der Waals surface area contributed by atoms with E-state index >= 15 is 0 Å². The molecule has 0 saturated carbocycles. The minimum Gasteiger partial charge on any atom is -0.275 e. The number of halogens is 3. The summed E-state index contributed by atoms with van der Waals surface area (Å²) in [5.41, 5.74) is 0.0851. The van der Waals surface area contributed by atoms with Crippen molar-refractivity contribution < 1.29 is 8.78 Å². The third kappa shape index (κ3) is 0.929. The summed E-state index contributed by atoms with van der Waals surface area (Å²) in [7, 11) is 0. The number of nitrogens with one attached hydrogen (secondary N) is 1. The first kappa shape index (κ1) is 7.67. The lowest BCUT2D eigenvalue weighted by molar-refractivity contribution is 0.514. The molecule has 0 spiro atoms. The van der Waals surface area contributed by atoms with Gasteiger partial charge in [0, 0.05) is 9.86 Å². The van der Waals surface area contributed by atoms with Gasteiger partial charge in [-0.2, -0.15) is 5.10 Å². The standard InChI is InChI=1S/C7H3BrF2N2/c8-4-1-5(9)6(10)7-3(4)2-11-12-7/h1-2H,(H,11,12). The Morgan fingerprint density at radius 3 is 2.92 bits per heavy atom. The van der Waals surface area contributed by atoms with Gasteiger partial charge in [-0.15, -0.1) is 0 Å². The van der Waals surface area contributed by atoms with E-state index in [0.717, 1.165) is 6.07 Å². The highest BCUT2D eigenvalue weighted by molar-refractivity contribution is 9.10. The van der Waals surface area contributed by atoms with Crippen LogP contribution in [0.3, 0.4) is 0 Å². The number of benzene rings is 1. The van der Waals surface area contributed by atoms with Crippen LogP contribution in [0.1, 0.15) is 0 Å². The maximum absolute atomic E-state index is 12.9. The summed E-state index contributed by atoms with van der Waals surface area (Å²) < 4.78 is 26.2. The average molecular weight is 233 g/mol. The third-order valence-electron chi connectivity index (χ3n) is 1.58. The first-order chi connectivity index (χ1) is 5.70. The van der Waals surface area contributed by atoms with Gasteiger partial charge in [0.15, 0.2) is 11.6 Å². The molecule has 1 N–H and O–H groups in total. The molecule has 0 bridgehead atoms. The molecular formula is C7H3BrF2N2. The van der Waals surface area contributed by atoms with Gasteiger partial charge in [0.25, 0.3) is 0 Å². The summed E-state index contributed by atoms with van der Waals surface area (Å²) in [4.78, 5) is 0. The fourth-order valence-electron chi connectivity index (χ4n) is 1.01. The molecule has 2 nitrogen and oxygen atoms in total. The van der Waals surface area contributed by atoms with Gasteiger partial charge in [-0.1, -0.05) is 0 Å². The number of aromatic amines is 1. The Labute approximate surface area is 74.7 Å². The summed E-state index contributed by atoms with van der Waals surface area (Å²) in [6, 6.07) is 1.08. The van der Waals surface area contributed by atoms with Gasteiger partial charge in [-0.05, 0) is 22.0 Å². The van der Waals surface area contributed by atoms with Crippen LogP contribution < -0.4 is 0 Å². The molecule has 2 aromatic rings. The van der Waals surface area contributed by atoms with Gasteiger partial charge in [-0.3, -0.25) is 5.10 Å². The average Bonchev–Trinajstić information content (AvgIpc) is 2.48. The van der Waals surface area contributed by atoms with Crippen LogP contribution in [0, 0.1) is 11.6 Å². The van der Waals surface area contributed by atoms with Crippen molar-refractivity contribution in [2.75, 3.05) is 0 Å². The van der Waals surface area contributed by atoms with E-state index in [4.69, 9.17) is 0 Å². The quantitative estimate of drug-likeness (QED) is 0.696. The second-order valence-corrected chi connectivity index (χ2v) is 3.17. The molecule has 0 atom stereocenters. The van der Waals surface area contributed by atoms with Gasteiger partial charge in [0.2, 0.25) is 0 Å². The maximum atomic E-state index is 12.9. The molecule has 0 aliphatic heterocycles. The molecule has 62 valence electrons. The van der Waals surface area contributed by atoms with Crippen LogP contribution in [-0.4, -0.2) is 10.2 Å². The van der Waals surface area contributed by atoms with Crippen LogP contribution in [0.15, 0.2) is 16.7 Å². The van der Waals surface area contributed by atoms with Crippen molar-refractivity contribution in [1.29, 1.82) is 0 Å². The number of hydrogen-bond donors (Lipinski definition) is 1. The van der Waals surface area contributed by atoms with Crippen molar-refractivity contribution in [3.05, 3.63) is 28.4 Å². The Morgan fingerprint density at radius 2 is 2.17 bits per heavy atom. The van der Waals surface area contributed by atoms with Crippen molar-refractivity contribution in [2.24, 2.45) is 0 Å². The first-order valence-corrected chi connectivity index (χ1v) is 3.96. The van der Waals surface area contributed by atoms with Crippen LogP contribution in [-0.2, 0) is 0 Å². The molecule has 0 saturated heterocycles. The predicted octanol–water partition coefficient (Wildman–Crippen LogP) is 2.60. The summed E-state index contributed by atoms with van der Waals surface area (Å²) in [6.45, 7) is 0. The normalized spacial score (nSPS) is 10.9. The molecule has 0 amide bonds. The van der Waals surface area contributed by atoms with Crippen molar-refractivity contribution in [1.82, 2.24) is 10.2 Å². The zero-order chi connectivity index (χ0) is 8.72. The molecule has 2 rings (SSSR count). The van der Waals surface area contributed by atoms with Crippen LogP contribution in [0.2, 0.25) is 0 Å². The van der Waals surface area contributed by atoms with E-state index in [2.05, 4.69) is 26.1 Å². The van der Waals surface area contributed by atoms with Crippen molar-refractivity contribution >= 4 is 26.8 Å². The molecule has 0 fully saturated rings. The van der Waals surface area contributed by atoms with Gasteiger partial charge in [0.05, 0.1) is 6.20 Å². The van der Waals surface area contributed by atoms with Gasteiger partial charge in [0.1, 0.15) is 5.52 Å². The molecule has 0 aliphatic rings. The van der Waals surface area contributed by atoms with E-state index in [1.165, 1.54) is 6.20 Å². The highest BCUT2D eigenvalue weighted by Gasteiger charge is 2.11. The highest BCUT2D eigenvalue weighted by Crippen LogP contribution is 2.26. The first-order valence-electron chi connectivity index (χ1n) is 3.16. The lowest BCUT2D eigenvalue weighted by Crippen LogP contribution is -1.85. The van der Waals surface area contributed by atoms with Gasteiger partial charge in [-0.25, -0.2) is 8.78 Å². The second kappa shape index (κ2) is 2.52. The molecule has 0 aliphatic carbocycles. The Morgan fingerprint density at radius 1 is 1.42 bits per heavy atom. The molecule has 1 aromatic heterocycles. The highest BCUT2D eigenvalue weighted by atomic mass is 79.9. The number of hydrogen-bond acceptors (Lipinski definition) is 1. The van der Waals surface area contributed by atoms with Gasteiger partial charge >= 0.3 is 0 Å². The van der Waals surface area contributed by atoms with Crippen LogP contribution in [0.25, 0.3) is 10.9 Å². The Bertz CT molecular complexity index is 438.